The average molecular weight is 368 g/mol. The topological polar surface area (TPSA) is 96.9 Å². The van der Waals surface area contributed by atoms with Gasteiger partial charge in [-0.25, -0.2) is 0 Å². The molecule has 1 unspecified atom stereocenters. The van der Waals surface area contributed by atoms with Crippen LogP contribution in [0.4, 0.5) is 0 Å². The first-order valence-electron chi connectivity index (χ1n) is 8.46. The summed E-state index contributed by atoms with van der Waals surface area (Å²) < 4.78 is 10.5. The van der Waals surface area contributed by atoms with Crippen LogP contribution in [0, 0.1) is 0 Å². The molecule has 3 rings (SSSR count). The summed E-state index contributed by atoms with van der Waals surface area (Å²) in [6.07, 6.45) is 2.96. The van der Waals surface area contributed by atoms with Gasteiger partial charge < -0.3 is 25.2 Å². The van der Waals surface area contributed by atoms with Crippen LogP contribution < -0.4 is 20.1 Å². The molecule has 0 aliphatic carbocycles. The predicted octanol–water partition coefficient (Wildman–Crippen LogP) is 1.22. The number of aliphatic hydroxyl groups excluding tert-OH is 1. The van der Waals surface area contributed by atoms with Crippen molar-refractivity contribution in [3.8, 4) is 11.5 Å². The first kappa shape index (κ1) is 18.5. The summed E-state index contributed by atoms with van der Waals surface area (Å²) in [6.45, 7) is -0.0835. The Balaban J connectivity index is 1.51. The summed E-state index contributed by atoms with van der Waals surface area (Å²) in [7, 11) is 0. The van der Waals surface area contributed by atoms with Crippen molar-refractivity contribution in [1.29, 1.82) is 0 Å². The fourth-order valence-corrected chi connectivity index (χ4v) is 2.51. The molecule has 2 aromatic rings. The number of nitrogens with one attached hydrogen (secondary N) is 2. The van der Waals surface area contributed by atoms with Crippen LogP contribution in [0.1, 0.15) is 11.1 Å². The summed E-state index contributed by atoms with van der Waals surface area (Å²) >= 11 is 0. The standard InChI is InChI=1S/C20H20N2O5/c23-12-16(22-19(24)9-7-14-4-2-1-3-5-14)20(25)21-11-15-6-8-17-18(10-15)27-13-26-17/h1-10,16,23H,11-13H2,(H,21,25)(H,22,24). The number of aliphatic hydroxyl groups is 1. The van der Waals surface area contributed by atoms with Gasteiger partial charge in [0.25, 0.3) is 0 Å². The third kappa shape index (κ3) is 5.08. The van der Waals surface area contributed by atoms with Gasteiger partial charge in [0.1, 0.15) is 6.04 Å². The van der Waals surface area contributed by atoms with Crippen molar-refractivity contribution in [1.82, 2.24) is 10.6 Å². The fraction of sp³-hybridized carbons (Fsp3) is 0.200. The van der Waals surface area contributed by atoms with Gasteiger partial charge in [0.2, 0.25) is 18.6 Å². The highest BCUT2D eigenvalue weighted by Crippen LogP contribution is 2.32. The Bertz CT molecular complexity index is 836. The zero-order valence-electron chi connectivity index (χ0n) is 14.6. The average Bonchev–Trinajstić information content (AvgIpc) is 3.17. The van der Waals surface area contributed by atoms with Crippen LogP contribution >= 0.6 is 0 Å². The zero-order chi connectivity index (χ0) is 19.1. The van der Waals surface area contributed by atoms with Crippen molar-refractivity contribution < 1.29 is 24.2 Å². The number of benzene rings is 2. The Morgan fingerprint density at radius 3 is 2.67 bits per heavy atom. The fourth-order valence-electron chi connectivity index (χ4n) is 2.51. The lowest BCUT2D eigenvalue weighted by molar-refractivity contribution is -0.128. The van der Waals surface area contributed by atoms with Crippen LogP contribution in [0.2, 0.25) is 0 Å². The Hall–Kier alpha value is -3.32. The highest BCUT2D eigenvalue weighted by atomic mass is 16.7. The lowest BCUT2D eigenvalue weighted by Crippen LogP contribution is -2.48. The second-order valence-corrected chi connectivity index (χ2v) is 5.89. The van der Waals surface area contributed by atoms with Crippen LogP contribution in [0.15, 0.2) is 54.6 Å². The lowest BCUT2D eigenvalue weighted by Gasteiger charge is -2.15. The number of hydrogen-bond donors (Lipinski definition) is 3. The van der Waals surface area contributed by atoms with Gasteiger partial charge in [-0.05, 0) is 29.3 Å². The minimum absolute atomic E-state index is 0.181. The SMILES string of the molecule is O=C(C=Cc1ccccc1)NC(CO)C(=O)NCc1ccc2c(c1)OCO2. The number of fused-ring (bicyclic) bond motifs is 1. The maximum atomic E-state index is 12.2. The maximum absolute atomic E-state index is 12.2. The molecular formula is C20H20N2O5. The van der Waals surface area contributed by atoms with Crippen LogP contribution in [0.25, 0.3) is 6.08 Å². The molecule has 0 saturated carbocycles. The molecule has 1 heterocycles. The summed E-state index contributed by atoms with van der Waals surface area (Å²) in [5, 5.41) is 14.6. The predicted molar refractivity (Wildman–Crippen MR) is 98.9 cm³/mol. The number of carbonyl (C=O) groups is 2. The van der Waals surface area contributed by atoms with E-state index in [1.165, 1.54) is 6.08 Å². The van der Waals surface area contributed by atoms with Crippen molar-refractivity contribution in [2.45, 2.75) is 12.6 Å². The third-order valence-corrected chi connectivity index (χ3v) is 3.95. The van der Waals surface area contributed by atoms with Crippen LogP contribution in [-0.4, -0.2) is 36.4 Å². The van der Waals surface area contributed by atoms with Crippen molar-refractivity contribution in [3.63, 3.8) is 0 Å². The summed E-state index contributed by atoms with van der Waals surface area (Å²) in [4.78, 5) is 24.2. The molecule has 0 saturated heterocycles. The van der Waals surface area contributed by atoms with E-state index in [2.05, 4.69) is 10.6 Å². The Labute approximate surface area is 156 Å². The minimum Gasteiger partial charge on any atom is -0.454 e. The van der Waals surface area contributed by atoms with E-state index in [-0.39, 0.29) is 13.3 Å². The van der Waals surface area contributed by atoms with Gasteiger partial charge in [-0.3, -0.25) is 9.59 Å². The highest BCUT2D eigenvalue weighted by molar-refractivity contribution is 5.95. The molecule has 0 fully saturated rings. The molecule has 2 aromatic carbocycles. The third-order valence-electron chi connectivity index (χ3n) is 3.95. The maximum Gasteiger partial charge on any atom is 0.245 e. The Morgan fingerprint density at radius 2 is 1.89 bits per heavy atom. The molecule has 140 valence electrons. The largest absolute Gasteiger partial charge is 0.454 e. The Morgan fingerprint density at radius 1 is 1.11 bits per heavy atom. The molecule has 3 N–H and O–H groups in total. The first-order valence-corrected chi connectivity index (χ1v) is 8.46. The molecule has 2 amide bonds. The van der Waals surface area contributed by atoms with E-state index in [1.807, 2.05) is 36.4 Å². The van der Waals surface area contributed by atoms with Crippen LogP contribution in [0.3, 0.4) is 0 Å². The summed E-state index contributed by atoms with van der Waals surface area (Å²) in [6, 6.07) is 13.6. The quantitative estimate of drug-likeness (QED) is 0.639. The van der Waals surface area contributed by atoms with Gasteiger partial charge in [-0.15, -0.1) is 0 Å². The van der Waals surface area contributed by atoms with Gasteiger partial charge in [0.15, 0.2) is 11.5 Å². The molecule has 0 spiro atoms. The van der Waals surface area contributed by atoms with E-state index in [4.69, 9.17) is 9.47 Å². The number of rotatable bonds is 7. The monoisotopic (exact) mass is 368 g/mol. The van der Waals surface area contributed by atoms with Gasteiger partial charge >= 0.3 is 0 Å². The summed E-state index contributed by atoms with van der Waals surface area (Å²) in [5.41, 5.74) is 1.68. The van der Waals surface area contributed by atoms with E-state index < -0.39 is 24.5 Å². The van der Waals surface area contributed by atoms with Crippen molar-refractivity contribution in [2.75, 3.05) is 13.4 Å². The Kier molecular flexibility index (Phi) is 6.06. The molecule has 0 radical (unpaired) electrons. The van der Waals surface area contributed by atoms with Crippen molar-refractivity contribution >= 4 is 17.9 Å². The number of hydrogen-bond acceptors (Lipinski definition) is 5. The number of amides is 2. The molecular weight excluding hydrogens is 348 g/mol. The molecule has 27 heavy (non-hydrogen) atoms. The van der Waals surface area contributed by atoms with E-state index in [0.29, 0.717) is 11.5 Å². The van der Waals surface area contributed by atoms with Gasteiger partial charge in [-0.2, -0.15) is 0 Å². The van der Waals surface area contributed by atoms with E-state index in [0.717, 1.165) is 11.1 Å². The van der Waals surface area contributed by atoms with E-state index >= 15 is 0 Å². The van der Waals surface area contributed by atoms with Crippen molar-refractivity contribution in [2.24, 2.45) is 0 Å². The van der Waals surface area contributed by atoms with E-state index in [9.17, 15) is 14.7 Å². The van der Waals surface area contributed by atoms with Gasteiger partial charge in [-0.1, -0.05) is 36.4 Å². The van der Waals surface area contributed by atoms with Crippen LogP contribution in [0.5, 0.6) is 11.5 Å². The molecule has 7 nitrogen and oxygen atoms in total. The molecule has 7 heteroatoms. The molecule has 0 bridgehead atoms. The first-order chi connectivity index (χ1) is 13.2. The summed E-state index contributed by atoms with van der Waals surface area (Å²) in [5.74, 6) is 0.350. The molecule has 1 aliphatic rings. The lowest BCUT2D eigenvalue weighted by atomic mass is 10.2. The van der Waals surface area contributed by atoms with Gasteiger partial charge in [0.05, 0.1) is 6.61 Å². The molecule has 1 aliphatic heterocycles. The van der Waals surface area contributed by atoms with Crippen LogP contribution in [-0.2, 0) is 16.1 Å². The zero-order valence-corrected chi connectivity index (χ0v) is 14.6. The van der Waals surface area contributed by atoms with Gasteiger partial charge in [0, 0.05) is 12.6 Å². The highest BCUT2D eigenvalue weighted by Gasteiger charge is 2.19. The number of carbonyl (C=O) groups excluding carboxylic acids is 2. The smallest absolute Gasteiger partial charge is 0.245 e. The van der Waals surface area contributed by atoms with Crippen molar-refractivity contribution in [3.05, 3.63) is 65.7 Å². The molecule has 0 aromatic heterocycles. The second-order valence-electron chi connectivity index (χ2n) is 5.89. The minimum atomic E-state index is -1.04. The second kappa shape index (κ2) is 8.86. The number of ether oxygens (including phenoxy) is 2. The van der Waals surface area contributed by atoms with E-state index in [1.54, 1.807) is 18.2 Å². The normalized spacial score (nSPS) is 13.4. The molecule has 1 atom stereocenters.